The van der Waals surface area contributed by atoms with Crippen LogP contribution in [-0.2, 0) is 6.54 Å². The minimum absolute atomic E-state index is 0.659. The summed E-state index contributed by atoms with van der Waals surface area (Å²) in [4.78, 5) is 4.92. The Morgan fingerprint density at radius 2 is 2.00 bits per heavy atom. The van der Waals surface area contributed by atoms with Gasteiger partial charge in [0.25, 0.3) is 0 Å². The van der Waals surface area contributed by atoms with Crippen LogP contribution in [0.5, 0.6) is 0 Å². The molecule has 1 heterocycles. The highest BCUT2D eigenvalue weighted by atomic mass is 15.2. The maximum atomic E-state index is 3.52. The standard InChI is InChI=1S/C17H29N3/c1-5-10-18-11-15-8-6-7-9-16(15)20-12-14(2)17(13-20)19(3)4/h6-9,14,17-18H,5,10-13H2,1-4H3. The fraction of sp³-hybridized carbons (Fsp3) is 0.647. The minimum Gasteiger partial charge on any atom is -0.369 e. The number of anilines is 1. The first-order valence-corrected chi connectivity index (χ1v) is 7.83. The Morgan fingerprint density at radius 3 is 2.65 bits per heavy atom. The summed E-state index contributed by atoms with van der Waals surface area (Å²) in [5.74, 6) is 0.724. The van der Waals surface area contributed by atoms with Crippen LogP contribution < -0.4 is 10.2 Å². The van der Waals surface area contributed by atoms with Crippen molar-refractivity contribution in [1.29, 1.82) is 0 Å². The number of hydrogen-bond acceptors (Lipinski definition) is 3. The fourth-order valence-electron chi connectivity index (χ4n) is 3.19. The van der Waals surface area contributed by atoms with E-state index >= 15 is 0 Å². The van der Waals surface area contributed by atoms with E-state index in [1.807, 2.05) is 0 Å². The molecule has 3 nitrogen and oxygen atoms in total. The highest BCUT2D eigenvalue weighted by molar-refractivity contribution is 5.54. The molecule has 2 atom stereocenters. The zero-order valence-corrected chi connectivity index (χ0v) is 13.4. The molecule has 1 fully saturated rings. The molecule has 0 saturated carbocycles. The van der Waals surface area contributed by atoms with Crippen LogP contribution in [0.4, 0.5) is 5.69 Å². The van der Waals surface area contributed by atoms with Gasteiger partial charge in [0.1, 0.15) is 0 Å². The third kappa shape index (κ3) is 3.53. The van der Waals surface area contributed by atoms with Crippen molar-refractivity contribution in [2.24, 2.45) is 5.92 Å². The molecule has 0 spiro atoms. The van der Waals surface area contributed by atoms with Crippen LogP contribution in [0.3, 0.4) is 0 Å². The van der Waals surface area contributed by atoms with Gasteiger partial charge in [-0.15, -0.1) is 0 Å². The molecule has 1 aromatic rings. The Hall–Kier alpha value is -1.06. The third-order valence-electron chi connectivity index (χ3n) is 4.31. The van der Waals surface area contributed by atoms with Crippen LogP contribution in [0.15, 0.2) is 24.3 Å². The SMILES string of the molecule is CCCNCc1ccccc1N1CC(C)C(N(C)C)C1. The van der Waals surface area contributed by atoms with Gasteiger partial charge >= 0.3 is 0 Å². The normalized spacial score (nSPS) is 22.8. The molecule has 3 heteroatoms. The number of benzene rings is 1. The summed E-state index contributed by atoms with van der Waals surface area (Å²) >= 11 is 0. The first-order chi connectivity index (χ1) is 9.63. The number of para-hydroxylation sites is 1. The molecule has 0 bridgehead atoms. The number of likely N-dealkylation sites (N-methyl/N-ethyl adjacent to an activating group) is 1. The molecule has 0 aromatic heterocycles. The van der Waals surface area contributed by atoms with E-state index in [9.17, 15) is 0 Å². The Labute approximate surface area is 124 Å². The van der Waals surface area contributed by atoms with Gasteiger partial charge in [-0.1, -0.05) is 32.0 Å². The van der Waals surface area contributed by atoms with Gasteiger partial charge in [0.05, 0.1) is 0 Å². The third-order valence-corrected chi connectivity index (χ3v) is 4.31. The molecular formula is C17H29N3. The Morgan fingerprint density at radius 1 is 1.25 bits per heavy atom. The highest BCUT2D eigenvalue weighted by Crippen LogP contribution is 2.28. The van der Waals surface area contributed by atoms with E-state index in [4.69, 9.17) is 0 Å². The summed E-state index contributed by atoms with van der Waals surface area (Å²) in [6.07, 6.45) is 1.19. The van der Waals surface area contributed by atoms with Crippen molar-refractivity contribution >= 4 is 5.69 Å². The lowest BCUT2D eigenvalue weighted by Crippen LogP contribution is -2.34. The Kier molecular flexibility index (Phi) is 5.44. The zero-order chi connectivity index (χ0) is 14.5. The van der Waals surface area contributed by atoms with Crippen LogP contribution in [0, 0.1) is 5.92 Å². The van der Waals surface area contributed by atoms with E-state index in [1.54, 1.807) is 0 Å². The largest absolute Gasteiger partial charge is 0.369 e. The van der Waals surface area contributed by atoms with Crippen LogP contribution in [-0.4, -0.2) is 44.7 Å². The quantitative estimate of drug-likeness (QED) is 0.805. The summed E-state index contributed by atoms with van der Waals surface area (Å²) < 4.78 is 0. The average Bonchev–Trinajstić information content (AvgIpc) is 2.82. The van der Waals surface area contributed by atoms with Gasteiger partial charge in [0.2, 0.25) is 0 Å². The number of nitrogens with one attached hydrogen (secondary N) is 1. The van der Waals surface area contributed by atoms with Gasteiger partial charge in [0.15, 0.2) is 0 Å². The van der Waals surface area contributed by atoms with Gasteiger partial charge in [-0.05, 0) is 44.6 Å². The Bertz CT molecular complexity index is 416. The molecule has 2 rings (SSSR count). The van der Waals surface area contributed by atoms with Gasteiger partial charge in [-0.25, -0.2) is 0 Å². The second kappa shape index (κ2) is 7.09. The molecule has 1 N–H and O–H groups in total. The maximum Gasteiger partial charge on any atom is 0.0412 e. The van der Waals surface area contributed by atoms with E-state index in [-0.39, 0.29) is 0 Å². The van der Waals surface area contributed by atoms with E-state index in [0.29, 0.717) is 6.04 Å². The van der Waals surface area contributed by atoms with E-state index < -0.39 is 0 Å². The molecule has 0 amide bonds. The predicted molar refractivity (Wildman–Crippen MR) is 87.3 cm³/mol. The molecule has 1 aromatic carbocycles. The lowest BCUT2D eigenvalue weighted by molar-refractivity contribution is 0.266. The number of hydrogen-bond donors (Lipinski definition) is 1. The summed E-state index contributed by atoms with van der Waals surface area (Å²) in [5.41, 5.74) is 2.83. The van der Waals surface area contributed by atoms with Crippen molar-refractivity contribution in [2.75, 3.05) is 38.6 Å². The van der Waals surface area contributed by atoms with Crippen LogP contribution >= 0.6 is 0 Å². The molecule has 1 saturated heterocycles. The van der Waals surface area contributed by atoms with Gasteiger partial charge in [-0.2, -0.15) is 0 Å². The molecule has 0 radical (unpaired) electrons. The monoisotopic (exact) mass is 275 g/mol. The fourth-order valence-corrected chi connectivity index (χ4v) is 3.19. The Balaban J connectivity index is 2.09. The average molecular weight is 275 g/mol. The van der Waals surface area contributed by atoms with E-state index in [2.05, 4.69) is 67.3 Å². The van der Waals surface area contributed by atoms with Crippen molar-refractivity contribution in [3.05, 3.63) is 29.8 Å². The molecular weight excluding hydrogens is 246 g/mol. The van der Waals surface area contributed by atoms with Crippen LogP contribution in [0.1, 0.15) is 25.8 Å². The number of rotatable bonds is 6. The minimum atomic E-state index is 0.659. The van der Waals surface area contributed by atoms with Crippen molar-refractivity contribution in [3.63, 3.8) is 0 Å². The second-order valence-electron chi connectivity index (χ2n) is 6.22. The van der Waals surface area contributed by atoms with Crippen molar-refractivity contribution in [3.8, 4) is 0 Å². The van der Waals surface area contributed by atoms with Crippen molar-refractivity contribution < 1.29 is 0 Å². The summed E-state index contributed by atoms with van der Waals surface area (Å²) in [6.45, 7) is 8.94. The topological polar surface area (TPSA) is 18.5 Å². The highest BCUT2D eigenvalue weighted by Gasteiger charge is 2.31. The predicted octanol–water partition coefficient (Wildman–Crippen LogP) is 2.57. The number of nitrogens with zero attached hydrogens (tertiary/aromatic N) is 2. The smallest absolute Gasteiger partial charge is 0.0412 e. The first-order valence-electron chi connectivity index (χ1n) is 7.83. The van der Waals surface area contributed by atoms with Crippen molar-refractivity contribution in [1.82, 2.24) is 10.2 Å². The van der Waals surface area contributed by atoms with Gasteiger partial charge < -0.3 is 15.1 Å². The van der Waals surface area contributed by atoms with Crippen LogP contribution in [0.25, 0.3) is 0 Å². The maximum absolute atomic E-state index is 3.52. The second-order valence-corrected chi connectivity index (χ2v) is 6.22. The van der Waals surface area contributed by atoms with Crippen molar-refractivity contribution in [2.45, 2.75) is 32.9 Å². The van der Waals surface area contributed by atoms with Crippen LogP contribution in [0.2, 0.25) is 0 Å². The molecule has 112 valence electrons. The summed E-state index contributed by atoms with van der Waals surface area (Å²) in [5, 5.41) is 3.52. The summed E-state index contributed by atoms with van der Waals surface area (Å²) in [7, 11) is 4.39. The summed E-state index contributed by atoms with van der Waals surface area (Å²) in [6, 6.07) is 9.49. The molecule has 1 aliphatic rings. The molecule has 1 aliphatic heterocycles. The van der Waals surface area contributed by atoms with E-state index in [1.165, 1.54) is 17.7 Å². The molecule has 0 aliphatic carbocycles. The van der Waals surface area contributed by atoms with Gasteiger partial charge in [0, 0.05) is 31.4 Å². The van der Waals surface area contributed by atoms with Gasteiger partial charge in [-0.3, -0.25) is 0 Å². The lowest BCUT2D eigenvalue weighted by atomic mass is 10.1. The van der Waals surface area contributed by atoms with E-state index in [0.717, 1.165) is 32.1 Å². The first kappa shape index (κ1) is 15.3. The molecule has 2 unspecified atom stereocenters. The molecule has 20 heavy (non-hydrogen) atoms. The zero-order valence-electron chi connectivity index (χ0n) is 13.4. The lowest BCUT2D eigenvalue weighted by Gasteiger charge is -2.24.